The van der Waals surface area contributed by atoms with Crippen LogP contribution in [-0.2, 0) is 32.0 Å². The Balaban J connectivity index is 0.000000365. The molecule has 320 valence electrons. The fraction of sp³-hybridized carbons (Fsp3) is 0.333. The summed E-state index contributed by atoms with van der Waals surface area (Å²) in [7, 11) is 0. The maximum absolute atomic E-state index is 13.1. The number of pyridine rings is 1. The molecule has 3 aromatic heterocycles. The first-order chi connectivity index (χ1) is 27.4. The van der Waals surface area contributed by atoms with Crippen LogP contribution in [-0.4, -0.2) is 90.7 Å². The molecule has 0 spiro atoms. The smallest absolute Gasteiger partial charge is 0.475 e. The number of aliphatic carboxylic acids is 3. The van der Waals surface area contributed by atoms with Crippen LogP contribution in [0.1, 0.15) is 30.4 Å². The van der Waals surface area contributed by atoms with Crippen LogP contribution in [0.4, 0.5) is 73.5 Å². The molecule has 0 atom stereocenters. The lowest BCUT2D eigenvalue weighted by molar-refractivity contribution is -0.193. The van der Waals surface area contributed by atoms with Gasteiger partial charge in [-0.25, -0.2) is 24.4 Å². The van der Waals surface area contributed by atoms with Gasteiger partial charge in [-0.05, 0) is 67.0 Å². The predicted molar refractivity (Wildman–Crippen MR) is 193 cm³/mol. The van der Waals surface area contributed by atoms with Crippen LogP contribution >= 0.6 is 22.9 Å². The van der Waals surface area contributed by atoms with Crippen molar-refractivity contribution in [2.24, 2.45) is 5.92 Å². The van der Waals surface area contributed by atoms with E-state index in [-0.39, 0.29) is 5.91 Å². The molecule has 26 heteroatoms. The zero-order chi connectivity index (χ0) is 44.1. The fourth-order valence-electron chi connectivity index (χ4n) is 4.92. The monoisotopic (exact) mass is 888 g/mol. The quantitative estimate of drug-likeness (QED) is 0.108. The standard InChI is InChI=1S/C27H27ClN8OS.3C2HF3O2/c28-22-16-31-26-33-21-11-18(14-29-15-21)1-2-19-13-20(32-25(22)35-26)3-4-23(19)34-24(37)12-17-5-8-36(9-6-17)27-30-7-10-38-27;3*3-2(4,5)1(6)7/h3-4,7,10-11,13-17H,1-2,5-6,8-9,12H2,(H,34,37)(H2,31,32,33,35);3*(H,6,7). The number of anilines is 6. The topological polar surface area (TPSA) is 220 Å². The zero-order valence-corrected chi connectivity index (χ0v) is 31.2. The molecule has 2 aliphatic heterocycles. The van der Waals surface area contributed by atoms with Gasteiger partial charge in [-0.15, -0.1) is 11.3 Å². The van der Waals surface area contributed by atoms with Crippen LogP contribution < -0.4 is 20.9 Å². The molecule has 6 bridgehead atoms. The van der Waals surface area contributed by atoms with Gasteiger partial charge >= 0.3 is 36.4 Å². The molecule has 6 N–H and O–H groups in total. The number of aryl methyl sites for hydroxylation is 2. The molecule has 0 unspecified atom stereocenters. The highest BCUT2D eigenvalue weighted by Gasteiger charge is 2.39. The van der Waals surface area contributed by atoms with E-state index in [2.05, 4.69) is 40.8 Å². The number of nitrogens with zero attached hydrogens (tertiary/aromatic N) is 5. The molecular formula is C33H30ClF9N8O7S. The van der Waals surface area contributed by atoms with Crippen molar-refractivity contribution in [2.75, 3.05) is 33.9 Å². The maximum Gasteiger partial charge on any atom is 0.490 e. The molecule has 1 amide bonds. The van der Waals surface area contributed by atoms with E-state index in [1.807, 2.05) is 42.0 Å². The van der Waals surface area contributed by atoms with E-state index in [1.54, 1.807) is 23.7 Å². The number of piperidine rings is 1. The molecule has 59 heavy (non-hydrogen) atoms. The summed E-state index contributed by atoms with van der Waals surface area (Å²) in [5.74, 6) is -6.93. The van der Waals surface area contributed by atoms with Crippen LogP contribution in [0.3, 0.4) is 0 Å². The van der Waals surface area contributed by atoms with Crippen LogP contribution in [0, 0.1) is 5.92 Å². The van der Waals surface area contributed by atoms with Crippen molar-refractivity contribution in [3.05, 3.63) is 70.6 Å². The van der Waals surface area contributed by atoms with Crippen molar-refractivity contribution in [2.45, 2.75) is 50.6 Å². The third-order valence-corrected chi connectivity index (χ3v) is 8.73. The van der Waals surface area contributed by atoms with Gasteiger partial charge in [-0.3, -0.25) is 9.78 Å². The second-order valence-electron chi connectivity index (χ2n) is 12.0. The summed E-state index contributed by atoms with van der Waals surface area (Å²) < 4.78 is 95.2. The van der Waals surface area contributed by atoms with Crippen LogP contribution in [0.5, 0.6) is 0 Å². The first kappa shape index (κ1) is 47.4. The first-order valence-electron chi connectivity index (χ1n) is 16.4. The Hall–Kier alpha value is -5.98. The zero-order valence-electron chi connectivity index (χ0n) is 29.6. The number of amides is 1. The summed E-state index contributed by atoms with van der Waals surface area (Å²) >= 11 is 8.04. The Bertz CT molecular complexity index is 2010. The molecule has 1 fully saturated rings. The number of carbonyl (C=O) groups excluding carboxylic acids is 1. The highest BCUT2D eigenvalue weighted by Crippen LogP contribution is 2.31. The number of halogens is 10. The molecule has 1 saturated heterocycles. The molecule has 0 saturated carbocycles. The second kappa shape index (κ2) is 20.6. The van der Waals surface area contributed by atoms with Crippen molar-refractivity contribution in [1.82, 2.24) is 19.9 Å². The highest BCUT2D eigenvalue weighted by atomic mass is 35.5. The Labute approximate surface area is 335 Å². The van der Waals surface area contributed by atoms with Crippen molar-refractivity contribution in [3.63, 3.8) is 0 Å². The van der Waals surface area contributed by atoms with E-state index < -0.39 is 36.4 Å². The van der Waals surface area contributed by atoms with Crippen LogP contribution in [0.25, 0.3) is 0 Å². The fourth-order valence-corrected chi connectivity index (χ4v) is 5.75. The summed E-state index contributed by atoms with van der Waals surface area (Å²) in [6, 6.07) is 7.96. The molecule has 1 aromatic carbocycles. The van der Waals surface area contributed by atoms with Gasteiger partial charge < -0.3 is 36.2 Å². The lowest BCUT2D eigenvalue weighted by Crippen LogP contribution is -2.34. The number of alkyl halides is 9. The number of fused-ring (bicyclic) bond motifs is 6. The van der Waals surface area contributed by atoms with Crippen molar-refractivity contribution in [1.29, 1.82) is 0 Å². The summed E-state index contributed by atoms with van der Waals surface area (Å²) in [6.45, 7) is 1.87. The van der Waals surface area contributed by atoms with E-state index in [1.165, 1.54) is 0 Å². The van der Waals surface area contributed by atoms with Crippen LogP contribution in [0.15, 0.2) is 54.4 Å². The van der Waals surface area contributed by atoms with Crippen molar-refractivity contribution < 1.29 is 74.0 Å². The van der Waals surface area contributed by atoms with Gasteiger partial charge in [0.1, 0.15) is 5.02 Å². The molecule has 15 nitrogen and oxygen atoms in total. The molecule has 4 aromatic rings. The van der Waals surface area contributed by atoms with E-state index >= 15 is 0 Å². The number of thiazole rings is 1. The van der Waals surface area contributed by atoms with Gasteiger partial charge in [0.25, 0.3) is 0 Å². The van der Waals surface area contributed by atoms with Crippen molar-refractivity contribution in [3.8, 4) is 0 Å². The predicted octanol–water partition coefficient (Wildman–Crippen LogP) is 7.71. The van der Waals surface area contributed by atoms with Gasteiger partial charge in [-0.1, -0.05) is 11.6 Å². The number of hydrogen-bond acceptors (Lipinski definition) is 12. The number of carbonyl (C=O) groups is 4. The van der Waals surface area contributed by atoms with E-state index in [0.717, 1.165) is 72.1 Å². The van der Waals surface area contributed by atoms with E-state index in [9.17, 15) is 44.3 Å². The molecule has 0 radical (unpaired) electrons. The Morgan fingerprint density at radius 3 is 1.95 bits per heavy atom. The van der Waals surface area contributed by atoms with Gasteiger partial charge in [-0.2, -0.15) is 44.5 Å². The van der Waals surface area contributed by atoms with E-state index in [0.29, 0.717) is 29.1 Å². The number of benzene rings is 1. The SMILES string of the molecule is O=C(CC1CCN(c2nccs2)CC1)Nc1ccc2cc1CCc1cncc(c1)Nc1ncc(Cl)c(n1)N2.O=C(O)C(F)(F)F.O=C(O)C(F)(F)F.O=C(O)C(F)(F)F. The summed E-state index contributed by atoms with van der Waals surface area (Å²) in [5, 5.41) is 34.5. The first-order valence-corrected chi connectivity index (χ1v) is 17.7. The largest absolute Gasteiger partial charge is 0.490 e. The molecule has 6 rings (SSSR count). The molecule has 5 heterocycles. The third kappa shape index (κ3) is 16.1. The molecule has 2 aliphatic rings. The maximum atomic E-state index is 13.1. The second-order valence-corrected chi connectivity index (χ2v) is 13.3. The normalized spacial score (nSPS) is 13.9. The van der Waals surface area contributed by atoms with E-state index in [4.69, 9.17) is 41.3 Å². The minimum absolute atomic E-state index is 0.0499. The minimum atomic E-state index is -5.08. The minimum Gasteiger partial charge on any atom is -0.475 e. The molecule has 0 aliphatic carbocycles. The Morgan fingerprint density at radius 1 is 0.814 bits per heavy atom. The molecular weight excluding hydrogens is 859 g/mol. The third-order valence-electron chi connectivity index (χ3n) is 7.63. The van der Waals surface area contributed by atoms with Gasteiger partial charge in [0.05, 0.1) is 18.1 Å². The number of nitrogens with one attached hydrogen (secondary N) is 3. The average Bonchev–Trinajstić information content (AvgIpc) is 3.68. The summed E-state index contributed by atoms with van der Waals surface area (Å²) in [4.78, 5) is 59.7. The van der Waals surface area contributed by atoms with Gasteiger partial charge in [0, 0.05) is 48.7 Å². The number of carboxylic acid groups (broad SMARTS) is 3. The Kier molecular flexibility index (Phi) is 16.6. The van der Waals surface area contributed by atoms with Gasteiger partial charge in [0.2, 0.25) is 11.9 Å². The lowest BCUT2D eigenvalue weighted by atomic mass is 9.93. The average molecular weight is 889 g/mol. The summed E-state index contributed by atoms with van der Waals surface area (Å²) in [5.41, 5.74) is 4.57. The lowest BCUT2D eigenvalue weighted by Gasteiger charge is -2.31. The van der Waals surface area contributed by atoms with Crippen LogP contribution in [0.2, 0.25) is 5.02 Å². The Morgan fingerprint density at radius 2 is 1.41 bits per heavy atom. The van der Waals surface area contributed by atoms with Gasteiger partial charge in [0.15, 0.2) is 10.9 Å². The van der Waals surface area contributed by atoms with Crippen molar-refractivity contribution >= 4 is 80.7 Å². The highest BCUT2D eigenvalue weighted by molar-refractivity contribution is 7.13. The number of hydrogen-bond donors (Lipinski definition) is 6. The number of rotatable bonds is 4. The number of aromatic nitrogens is 4. The summed E-state index contributed by atoms with van der Waals surface area (Å²) in [6.07, 6.45) is -4.25. The number of carboxylic acids is 3.